The van der Waals surface area contributed by atoms with Gasteiger partial charge in [-0.15, -0.1) is 0 Å². The molecule has 2 amide bonds. The predicted octanol–water partition coefficient (Wildman–Crippen LogP) is 4.32. The standard InChI is InChI=1S/C24H31Cl2N3O4S/c1-6-12-27-24(31)18(4)28(14-20-21(25)8-7-9-22(20)26)23(30)15-29(34(5,32)33)19-11-10-16(2)17(3)13-19/h7-11,13,18H,6,12,14-15H2,1-5H3,(H,27,31)/t18-/m1/s1. The van der Waals surface area contributed by atoms with Crippen LogP contribution in [0.15, 0.2) is 36.4 Å². The van der Waals surface area contributed by atoms with Gasteiger partial charge in [0.05, 0.1) is 11.9 Å². The average molecular weight is 529 g/mol. The lowest BCUT2D eigenvalue weighted by Gasteiger charge is -2.32. The first-order valence-electron chi connectivity index (χ1n) is 10.9. The maximum absolute atomic E-state index is 13.5. The molecule has 0 fully saturated rings. The Morgan fingerprint density at radius 1 is 1.06 bits per heavy atom. The molecular formula is C24H31Cl2N3O4S. The highest BCUT2D eigenvalue weighted by Crippen LogP contribution is 2.27. The van der Waals surface area contributed by atoms with Crippen LogP contribution in [0.2, 0.25) is 10.0 Å². The minimum Gasteiger partial charge on any atom is -0.354 e. The summed E-state index contributed by atoms with van der Waals surface area (Å²) in [7, 11) is -3.79. The van der Waals surface area contributed by atoms with Gasteiger partial charge < -0.3 is 10.2 Å². The summed E-state index contributed by atoms with van der Waals surface area (Å²) in [6.07, 6.45) is 1.78. The first-order valence-corrected chi connectivity index (χ1v) is 13.5. The second-order valence-corrected chi connectivity index (χ2v) is 10.9. The molecule has 0 spiro atoms. The monoisotopic (exact) mass is 527 g/mol. The highest BCUT2D eigenvalue weighted by molar-refractivity contribution is 7.92. The van der Waals surface area contributed by atoms with E-state index in [9.17, 15) is 18.0 Å². The van der Waals surface area contributed by atoms with Gasteiger partial charge in [0, 0.05) is 28.7 Å². The first-order chi connectivity index (χ1) is 15.9. The molecule has 10 heteroatoms. The molecule has 0 saturated heterocycles. The third kappa shape index (κ3) is 7.10. The molecule has 0 aliphatic heterocycles. The van der Waals surface area contributed by atoms with Gasteiger partial charge in [-0.3, -0.25) is 13.9 Å². The van der Waals surface area contributed by atoms with E-state index in [4.69, 9.17) is 23.2 Å². The van der Waals surface area contributed by atoms with Gasteiger partial charge in [-0.1, -0.05) is 42.3 Å². The number of benzene rings is 2. The normalized spacial score (nSPS) is 12.2. The van der Waals surface area contributed by atoms with Crippen molar-refractivity contribution in [2.24, 2.45) is 0 Å². The molecule has 0 heterocycles. The Morgan fingerprint density at radius 2 is 1.68 bits per heavy atom. The van der Waals surface area contributed by atoms with Crippen LogP contribution >= 0.6 is 23.2 Å². The summed E-state index contributed by atoms with van der Waals surface area (Å²) in [6.45, 7) is 7.22. The van der Waals surface area contributed by atoms with E-state index in [1.165, 1.54) is 4.90 Å². The molecule has 2 aromatic carbocycles. The second-order valence-electron chi connectivity index (χ2n) is 8.23. The van der Waals surface area contributed by atoms with Gasteiger partial charge in [0.15, 0.2) is 0 Å². The lowest BCUT2D eigenvalue weighted by Crippen LogP contribution is -2.51. The van der Waals surface area contributed by atoms with Gasteiger partial charge in [0.25, 0.3) is 0 Å². The van der Waals surface area contributed by atoms with Gasteiger partial charge in [-0.2, -0.15) is 0 Å². The maximum atomic E-state index is 13.5. The summed E-state index contributed by atoms with van der Waals surface area (Å²) < 4.78 is 26.3. The van der Waals surface area contributed by atoms with Crippen molar-refractivity contribution in [2.75, 3.05) is 23.7 Å². The molecule has 0 radical (unpaired) electrons. The third-order valence-electron chi connectivity index (χ3n) is 5.56. The molecule has 2 aromatic rings. The van der Waals surface area contributed by atoms with E-state index in [1.54, 1.807) is 43.3 Å². The Labute approximate surface area is 212 Å². The number of carbonyl (C=O) groups is 2. The van der Waals surface area contributed by atoms with Crippen molar-refractivity contribution in [3.63, 3.8) is 0 Å². The number of nitrogens with zero attached hydrogens (tertiary/aromatic N) is 2. The summed E-state index contributed by atoms with van der Waals surface area (Å²) in [6, 6.07) is 9.27. The number of hydrogen-bond donors (Lipinski definition) is 1. The van der Waals surface area contributed by atoms with E-state index < -0.39 is 28.5 Å². The zero-order chi connectivity index (χ0) is 25.6. The molecule has 1 N–H and O–H groups in total. The van der Waals surface area contributed by atoms with E-state index in [0.717, 1.165) is 28.1 Å². The topological polar surface area (TPSA) is 86.8 Å². The van der Waals surface area contributed by atoms with Crippen LogP contribution in [0.1, 0.15) is 37.0 Å². The highest BCUT2D eigenvalue weighted by atomic mass is 35.5. The van der Waals surface area contributed by atoms with Crippen molar-refractivity contribution in [3.8, 4) is 0 Å². The molecule has 186 valence electrons. The summed E-state index contributed by atoms with van der Waals surface area (Å²) in [4.78, 5) is 27.6. The number of anilines is 1. The molecule has 34 heavy (non-hydrogen) atoms. The van der Waals surface area contributed by atoms with E-state index in [0.29, 0.717) is 27.8 Å². The summed E-state index contributed by atoms with van der Waals surface area (Å²) in [5.41, 5.74) is 2.74. The largest absolute Gasteiger partial charge is 0.354 e. The van der Waals surface area contributed by atoms with Crippen LogP contribution in [0.25, 0.3) is 0 Å². The van der Waals surface area contributed by atoms with Gasteiger partial charge in [0.1, 0.15) is 12.6 Å². The smallest absolute Gasteiger partial charge is 0.244 e. The zero-order valence-corrected chi connectivity index (χ0v) is 22.4. The number of hydrogen-bond acceptors (Lipinski definition) is 4. The van der Waals surface area contributed by atoms with Crippen molar-refractivity contribution in [1.82, 2.24) is 10.2 Å². The van der Waals surface area contributed by atoms with E-state index in [1.807, 2.05) is 20.8 Å². The number of sulfonamides is 1. The number of aryl methyl sites for hydroxylation is 2. The first kappa shape index (κ1) is 28.0. The fraction of sp³-hybridized carbons (Fsp3) is 0.417. The second kappa shape index (κ2) is 11.9. The lowest BCUT2D eigenvalue weighted by molar-refractivity contribution is -0.139. The molecule has 0 bridgehead atoms. The number of carbonyl (C=O) groups excluding carboxylic acids is 2. The van der Waals surface area contributed by atoms with Crippen LogP contribution in [-0.2, 0) is 26.2 Å². The van der Waals surface area contributed by atoms with Crippen LogP contribution < -0.4 is 9.62 Å². The Balaban J connectivity index is 2.45. The van der Waals surface area contributed by atoms with Crippen molar-refractivity contribution in [3.05, 3.63) is 63.1 Å². The lowest BCUT2D eigenvalue weighted by atomic mass is 10.1. The fourth-order valence-electron chi connectivity index (χ4n) is 3.33. The van der Waals surface area contributed by atoms with Gasteiger partial charge in [-0.25, -0.2) is 8.42 Å². The van der Waals surface area contributed by atoms with Crippen molar-refractivity contribution < 1.29 is 18.0 Å². The summed E-state index contributed by atoms with van der Waals surface area (Å²) in [5.74, 6) is -0.908. The van der Waals surface area contributed by atoms with Crippen LogP contribution in [0.5, 0.6) is 0 Å². The number of amides is 2. The van der Waals surface area contributed by atoms with Crippen molar-refractivity contribution in [2.45, 2.75) is 46.7 Å². The third-order valence-corrected chi connectivity index (χ3v) is 7.41. The van der Waals surface area contributed by atoms with Crippen LogP contribution in [0, 0.1) is 13.8 Å². The minimum atomic E-state index is -3.79. The predicted molar refractivity (Wildman–Crippen MR) is 138 cm³/mol. The Kier molecular flexibility index (Phi) is 9.79. The molecule has 7 nitrogen and oxygen atoms in total. The quantitative estimate of drug-likeness (QED) is 0.498. The molecule has 0 aromatic heterocycles. The molecule has 0 saturated carbocycles. The maximum Gasteiger partial charge on any atom is 0.244 e. The van der Waals surface area contributed by atoms with E-state index >= 15 is 0 Å². The number of nitrogens with one attached hydrogen (secondary N) is 1. The van der Waals surface area contributed by atoms with Crippen LogP contribution in [0.3, 0.4) is 0 Å². The van der Waals surface area contributed by atoms with E-state index in [-0.39, 0.29) is 12.5 Å². The fourth-order valence-corrected chi connectivity index (χ4v) is 4.69. The molecule has 0 unspecified atom stereocenters. The molecule has 0 aliphatic rings. The van der Waals surface area contributed by atoms with Gasteiger partial charge in [0.2, 0.25) is 21.8 Å². The average Bonchev–Trinajstić information content (AvgIpc) is 2.76. The van der Waals surface area contributed by atoms with Crippen LogP contribution in [0.4, 0.5) is 5.69 Å². The zero-order valence-electron chi connectivity index (χ0n) is 20.1. The molecule has 2 rings (SSSR count). The van der Waals surface area contributed by atoms with Gasteiger partial charge in [-0.05, 0) is 62.6 Å². The molecular weight excluding hydrogens is 497 g/mol. The van der Waals surface area contributed by atoms with Crippen molar-refractivity contribution in [1.29, 1.82) is 0 Å². The van der Waals surface area contributed by atoms with E-state index in [2.05, 4.69) is 5.32 Å². The number of rotatable bonds is 10. The Morgan fingerprint density at radius 3 is 2.21 bits per heavy atom. The van der Waals surface area contributed by atoms with Crippen molar-refractivity contribution >= 4 is 50.7 Å². The number of halogens is 2. The Bertz CT molecular complexity index is 1130. The molecule has 1 atom stereocenters. The molecule has 0 aliphatic carbocycles. The van der Waals surface area contributed by atoms with Gasteiger partial charge >= 0.3 is 0 Å². The SMILES string of the molecule is CCCNC(=O)[C@@H](C)N(Cc1c(Cl)cccc1Cl)C(=O)CN(c1ccc(C)c(C)c1)S(C)(=O)=O. The summed E-state index contributed by atoms with van der Waals surface area (Å²) in [5, 5.41) is 3.48. The Hall–Kier alpha value is -2.29. The highest BCUT2D eigenvalue weighted by Gasteiger charge is 2.31. The minimum absolute atomic E-state index is 0.0530. The summed E-state index contributed by atoms with van der Waals surface area (Å²) >= 11 is 12.6. The van der Waals surface area contributed by atoms with Crippen LogP contribution in [-0.4, -0.2) is 50.5 Å².